The topological polar surface area (TPSA) is 77.9 Å². The van der Waals surface area contributed by atoms with E-state index in [1.54, 1.807) is 29.2 Å². The molecule has 1 N–H and O–H groups in total. The first-order chi connectivity index (χ1) is 12.5. The molecule has 0 aromatic heterocycles. The van der Waals surface area contributed by atoms with Gasteiger partial charge in [-0.3, -0.25) is 14.4 Å². The van der Waals surface area contributed by atoms with E-state index >= 15 is 0 Å². The molecule has 2 fully saturated rings. The number of hydrogen-bond donors (Lipinski definition) is 1. The molecule has 2 aliphatic rings. The summed E-state index contributed by atoms with van der Waals surface area (Å²) in [6.07, 6.45) is 2.41. The molecule has 0 spiro atoms. The lowest BCUT2D eigenvalue weighted by Crippen LogP contribution is -2.52. The van der Waals surface area contributed by atoms with Crippen LogP contribution < -0.4 is 0 Å². The van der Waals surface area contributed by atoms with Crippen molar-refractivity contribution in [2.75, 3.05) is 26.2 Å². The maximum Gasteiger partial charge on any atom is 0.306 e. The molecule has 3 rings (SSSR count). The van der Waals surface area contributed by atoms with Crippen LogP contribution in [0, 0.1) is 11.8 Å². The molecule has 1 aliphatic carbocycles. The molecule has 2 amide bonds. The molecule has 1 aromatic carbocycles. The largest absolute Gasteiger partial charge is 0.481 e. The monoisotopic (exact) mass is 378 g/mol. The minimum atomic E-state index is -0.760. The lowest BCUT2D eigenvalue weighted by atomic mass is 9.81. The number of piperazine rings is 1. The Hall–Kier alpha value is -2.08. The van der Waals surface area contributed by atoms with Gasteiger partial charge in [0, 0.05) is 42.7 Å². The highest BCUT2D eigenvalue weighted by Gasteiger charge is 2.33. The smallest absolute Gasteiger partial charge is 0.306 e. The number of carbonyl (C=O) groups is 3. The Bertz CT molecular complexity index is 693. The zero-order valence-corrected chi connectivity index (χ0v) is 15.3. The molecule has 26 heavy (non-hydrogen) atoms. The normalized spacial score (nSPS) is 23.6. The Kier molecular flexibility index (Phi) is 5.81. The van der Waals surface area contributed by atoms with Gasteiger partial charge < -0.3 is 14.9 Å². The molecule has 1 saturated carbocycles. The van der Waals surface area contributed by atoms with Gasteiger partial charge in [0.15, 0.2) is 0 Å². The Morgan fingerprint density at radius 2 is 1.50 bits per heavy atom. The molecule has 140 valence electrons. The van der Waals surface area contributed by atoms with Crippen molar-refractivity contribution in [2.24, 2.45) is 11.8 Å². The summed E-state index contributed by atoms with van der Waals surface area (Å²) in [4.78, 5) is 39.8. The summed E-state index contributed by atoms with van der Waals surface area (Å²) in [5.41, 5.74) is 0.560. The van der Waals surface area contributed by atoms with Gasteiger partial charge in [-0.05, 0) is 43.9 Å². The van der Waals surface area contributed by atoms with Crippen LogP contribution in [-0.4, -0.2) is 58.9 Å². The van der Waals surface area contributed by atoms with Crippen LogP contribution in [0.25, 0.3) is 0 Å². The second-order valence-electron chi connectivity index (χ2n) is 7.01. The third kappa shape index (κ3) is 4.18. The lowest BCUT2D eigenvalue weighted by Gasteiger charge is -2.37. The van der Waals surface area contributed by atoms with Crippen LogP contribution in [0.4, 0.5) is 0 Å². The highest BCUT2D eigenvalue weighted by atomic mass is 35.5. The third-order valence-electron chi connectivity index (χ3n) is 5.38. The minimum absolute atomic E-state index is 0.0680. The standard InChI is InChI=1S/C19H23ClN2O4/c20-16-3-1-2-15(12-16)18(24)22-10-8-21(9-11-22)17(23)13-4-6-14(7-5-13)19(25)26/h1-3,12-14H,4-11H2,(H,25,26). The van der Waals surface area contributed by atoms with Gasteiger partial charge in [0.2, 0.25) is 5.91 Å². The molecule has 1 saturated heterocycles. The zero-order chi connectivity index (χ0) is 18.7. The molecule has 6 nitrogen and oxygen atoms in total. The molecule has 1 aliphatic heterocycles. The Morgan fingerprint density at radius 1 is 0.923 bits per heavy atom. The Morgan fingerprint density at radius 3 is 2.08 bits per heavy atom. The van der Waals surface area contributed by atoms with Crippen LogP contribution in [0.1, 0.15) is 36.0 Å². The number of aliphatic carboxylic acids is 1. The highest BCUT2D eigenvalue weighted by molar-refractivity contribution is 6.30. The first-order valence-electron chi connectivity index (χ1n) is 9.02. The number of nitrogens with zero attached hydrogens (tertiary/aromatic N) is 2. The van der Waals surface area contributed by atoms with Crippen LogP contribution in [0.2, 0.25) is 5.02 Å². The van der Waals surface area contributed by atoms with Gasteiger partial charge in [-0.15, -0.1) is 0 Å². The highest BCUT2D eigenvalue weighted by Crippen LogP contribution is 2.30. The predicted molar refractivity (Wildman–Crippen MR) is 97.0 cm³/mol. The third-order valence-corrected chi connectivity index (χ3v) is 5.61. The quantitative estimate of drug-likeness (QED) is 0.876. The average molecular weight is 379 g/mol. The number of carboxylic acids is 1. The summed E-state index contributed by atoms with van der Waals surface area (Å²) in [6, 6.07) is 6.88. The number of halogens is 1. The van der Waals surface area contributed by atoms with Crippen molar-refractivity contribution in [3.8, 4) is 0 Å². The number of amides is 2. The van der Waals surface area contributed by atoms with Crippen molar-refractivity contribution < 1.29 is 19.5 Å². The van der Waals surface area contributed by atoms with E-state index in [2.05, 4.69) is 0 Å². The van der Waals surface area contributed by atoms with Gasteiger partial charge in [0.1, 0.15) is 0 Å². The van der Waals surface area contributed by atoms with Gasteiger partial charge in [0.25, 0.3) is 5.91 Å². The van der Waals surface area contributed by atoms with Crippen LogP contribution in [0.3, 0.4) is 0 Å². The minimum Gasteiger partial charge on any atom is -0.481 e. The first kappa shape index (κ1) is 18.7. The number of rotatable bonds is 3. The summed E-state index contributed by atoms with van der Waals surface area (Å²) in [7, 11) is 0. The molecule has 7 heteroatoms. The predicted octanol–water partition coefficient (Wildman–Crippen LogP) is 2.52. The molecular weight excluding hydrogens is 356 g/mol. The average Bonchev–Trinajstić information content (AvgIpc) is 2.67. The maximum atomic E-state index is 12.7. The fourth-order valence-electron chi connectivity index (χ4n) is 3.78. The van der Waals surface area contributed by atoms with Crippen molar-refractivity contribution in [3.63, 3.8) is 0 Å². The summed E-state index contributed by atoms with van der Waals surface area (Å²) < 4.78 is 0. The van der Waals surface area contributed by atoms with Gasteiger partial charge in [-0.1, -0.05) is 17.7 Å². The number of carbonyl (C=O) groups excluding carboxylic acids is 2. The van der Waals surface area contributed by atoms with Crippen LogP contribution >= 0.6 is 11.6 Å². The van der Waals surface area contributed by atoms with E-state index in [0.29, 0.717) is 62.4 Å². The Balaban J connectivity index is 1.51. The maximum absolute atomic E-state index is 12.7. The van der Waals surface area contributed by atoms with Gasteiger partial charge in [0.05, 0.1) is 5.92 Å². The van der Waals surface area contributed by atoms with Crippen LogP contribution in [0.5, 0.6) is 0 Å². The zero-order valence-electron chi connectivity index (χ0n) is 14.6. The second kappa shape index (κ2) is 8.08. The van der Waals surface area contributed by atoms with Crippen LogP contribution in [0.15, 0.2) is 24.3 Å². The molecule has 0 bridgehead atoms. The van der Waals surface area contributed by atoms with E-state index in [9.17, 15) is 14.4 Å². The molecule has 1 heterocycles. The molecule has 0 radical (unpaired) electrons. The van der Waals surface area contributed by atoms with E-state index < -0.39 is 5.97 Å². The molecule has 0 atom stereocenters. The molecule has 1 aromatic rings. The lowest BCUT2D eigenvalue weighted by molar-refractivity contribution is -0.146. The fourth-order valence-corrected chi connectivity index (χ4v) is 3.97. The van der Waals surface area contributed by atoms with E-state index in [1.165, 1.54) is 0 Å². The summed E-state index contributed by atoms with van der Waals surface area (Å²) in [5, 5.41) is 9.59. The van der Waals surface area contributed by atoms with Crippen molar-refractivity contribution in [2.45, 2.75) is 25.7 Å². The van der Waals surface area contributed by atoms with Gasteiger partial charge in [-0.25, -0.2) is 0 Å². The summed E-state index contributed by atoms with van der Waals surface area (Å²) in [5.74, 6) is -1.12. The number of hydrogen-bond acceptors (Lipinski definition) is 3. The van der Waals surface area contributed by atoms with Crippen molar-refractivity contribution in [1.29, 1.82) is 0 Å². The first-order valence-corrected chi connectivity index (χ1v) is 9.40. The van der Waals surface area contributed by atoms with E-state index in [0.717, 1.165) is 0 Å². The Labute approximate surface area is 157 Å². The summed E-state index contributed by atoms with van der Waals surface area (Å²) >= 11 is 5.95. The van der Waals surface area contributed by atoms with E-state index in [1.807, 2.05) is 4.90 Å². The van der Waals surface area contributed by atoms with Crippen molar-refractivity contribution in [3.05, 3.63) is 34.9 Å². The molecular formula is C19H23ClN2O4. The van der Waals surface area contributed by atoms with E-state index in [-0.39, 0.29) is 23.7 Å². The SMILES string of the molecule is O=C(O)C1CCC(C(=O)N2CCN(C(=O)c3cccc(Cl)c3)CC2)CC1. The number of carboxylic acid groups (broad SMARTS) is 1. The van der Waals surface area contributed by atoms with E-state index in [4.69, 9.17) is 16.7 Å². The summed E-state index contributed by atoms with van der Waals surface area (Å²) in [6.45, 7) is 2.04. The van der Waals surface area contributed by atoms with Crippen molar-refractivity contribution >= 4 is 29.4 Å². The van der Waals surface area contributed by atoms with Gasteiger partial charge in [-0.2, -0.15) is 0 Å². The second-order valence-corrected chi connectivity index (χ2v) is 7.45. The fraction of sp³-hybridized carbons (Fsp3) is 0.526. The van der Waals surface area contributed by atoms with Crippen LogP contribution in [-0.2, 0) is 9.59 Å². The van der Waals surface area contributed by atoms with Gasteiger partial charge >= 0.3 is 5.97 Å². The molecule has 0 unspecified atom stereocenters. The number of benzene rings is 1. The van der Waals surface area contributed by atoms with Crippen molar-refractivity contribution in [1.82, 2.24) is 9.80 Å².